The molecule has 1 aromatic heterocycles. The number of rotatable bonds is 3. The summed E-state index contributed by atoms with van der Waals surface area (Å²) in [7, 11) is 2.07. The lowest BCUT2D eigenvalue weighted by Gasteiger charge is -2.42. The predicted molar refractivity (Wildman–Crippen MR) is 114 cm³/mol. The van der Waals surface area contributed by atoms with Gasteiger partial charge in [-0.05, 0) is 49.0 Å². The molecule has 4 heteroatoms. The molecule has 3 aromatic rings. The van der Waals surface area contributed by atoms with Crippen LogP contribution in [0.4, 0.5) is 5.95 Å². The Balaban J connectivity index is 1.52. The molecule has 1 aliphatic carbocycles. The summed E-state index contributed by atoms with van der Waals surface area (Å²) in [6.07, 6.45) is 5.47. The van der Waals surface area contributed by atoms with E-state index in [1.165, 1.54) is 35.1 Å². The number of aromatic nitrogens is 2. The molecular weight excluding hydrogens is 344 g/mol. The van der Waals surface area contributed by atoms with Crippen LogP contribution in [-0.2, 0) is 18.4 Å². The summed E-state index contributed by atoms with van der Waals surface area (Å²) in [5, 5.41) is 3.52. The van der Waals surface area contributed by atoms with E-state index >= 15 is 0 Å². The van der Waals surface area contributed by atoms with E-state index in [-0.39, 0.29) is 5.41 Å². The first-order valence-electron chi connectivity index (χ1n) is 10.2. The molecule has 0 atom stereocenters. The molecule has 1 spiro atoms. The third-order valence-corrected chi connectivity index (χ3v) is 6.30. The number of nitrogens with one attached hydrogen (secondary N) is 1. The highest BCUT2D eigenvalue weighted by molar-refractivity contribution is 5.72. The van der Waals surface area contributed by atoms with Crippen molar-refractivity contribution < 1.29 is 0 Å². The summed E-state index contributed by atoms with van der Waals surface area (Å²) < 4.78 is 0. The molecule has 5 rings (SSSR count). The van der Waals surface area contributed by atoms with Crippen molar-refractivity contribution in [2.75, 3.05) is 25.0 Å². The van der Waals surface area contributed by atoms with Crippen LogP contribution in [0.2, 0.25) is 0 Å². The first kappa shape index (κ1) is 17.4. The number of benzene rings is 2. The van der Waals surface area contributed by atoms with Crippen LogP contribution in [0.15, 0.2) is 60.8 Å². The molecule has 0 radical (unpaired) electrons. The van der Waals surface area contributed by atoms with Gasteiger partial charge in [0.2, 0.25) is 5.95 Å². The van der Waals surface area contributed by atoms with Gasteiger partial charge < -0.3 is 10.2 Å². The van der Waals surface area contributed by atoms with E-state index in [4.69, 9.17) is 9.97 Å². The van der Waals surface area contributed by atoms with Gasteiger partial charge in [-0.25, -0.2) is 9.97 Å². The Bertz CT molecular complexity index is 977. The second-order valence-corrected chi connectivity index (χ2v) is 8.14. The normalized spacial score (nSPS) is 17.0. The standard InChI is InChI=1S/C24H26N4/c1-28(17-18-7-3-2-4-8-18)23-26-16-19-15-24(11-13-25-14-12-24)21-10-6-5-9-20(21)22(19)27-23/h2-10,16,25H,11-15,17H2,1H3. The van der Waals surface area contributed by atoms with Crippen LogP contribution in [0, 0.1) is 0 Å². The average molecular weight is 371 g/mol. The molecule has 1 aliphatic heterocycles. The molecule has 1 saturated heterocycles. The molecule has 0 saturated carbocycles. The third kappa shape index (κ3) is 2.98. The largest absolute Gasteiger partial charge is 0.340 e. The summed E-state index contributed by atoms with van der Waals surface area (Å²) in [4.78, 5) is 11.9. The SMILES string of the molecule is CN(Cc1ccccc1)c1ncc2c(n1)-c1ccccc1C1(CCNCC1)C2. The predicted octanol–water partition coefficient (Wildman–Crippen LogP) is 3.96. The lowest BCUT2D eigenvalue weighted by molar-refractivity contribution is 0.302. The zero-order valence-electron chi connectivity index (χ0n) is 16.4. The monoisotopic (exact) mass is 370 g/mol. The van der Waals surface area contributed by atoms with Gasteiger partial charge in [-0.3, -0.25) is 0 Å². The number of hydrogen-bond donors (Lipinski definition) is 1. The van der Waals surface area contributed by atoms with E-state index < -0.39 is 0 Å². The molecule has 4 nitrogen and oxygen atoms in total. The van der Waals surface area contributed by atoms with Crippen molar-refractivity contribution in [1.82, 2.24) is 15.3 Å². The van der Waals surface area contributed by atoms with Crippen molar-refractivity contribution in [3.05, 3.63) is 77.5 Å². The maximum Gasteiger partial charge on any atom is 0.225 e. The number of hydrogen-bond acceptors (Lipinski definition) is 4. The van der Waals surface area contributed by atoms with Crippen molar-refractivity contribution in [3.8, 4) is 11.3 Å². The van der Waals surface area contributed by atoms with E-state index in [9.17, 15) is 0 Å². The highest BCUT2D eigenvalue weighted by Crippen LogP contribution is 2.47. The maximum atomic E-state index is 5.03. The lowest BCUT2D eigenvalue weighted by Crippen LogP contribution is -2.43. The Hall–Kier alpha value is -2.72. The topological polar surface area (TPSA) is 41.1 Å². The van der Waals surface area contributed by atoms with Crippen molar-refractivity contribution in [2.24, 2.45) is 0 Å². The molecule has 1 fully saturated rings. The fourth-order valence-electron chi connectivity index (χ4n) is 4.84. The molecule has 2 aliphatic rings. The molecule has 0 bridgehead atoms. The zero-order chi connectivity index (χ0) is 19.0. The molecule has 1 N–H and O–H groups in total. The van der Waals surface area contributed by atoms with Gasteiger partial charge in [0.05, 0.1) is 5.69 Å². The second-order valence-electron chi connectivity index (χ2n) is 8.14. The van der Waals surface area contributed by atoms with Gasteiger partial charge in [0.15, 0.2) is 0 Å². The molecule has 0 unspecified atom stereocenters. The van der Waals surface area contributed by atoms with Crippen LogP contribution in [0.5, 0.6) is 0 Å². The quantitative estimate of drug-likeness (QED) is 0.758. The van der Waals surface area contributed by atoms with Crippen LogP contribution < -0.4 is 10.2 Å². The maximum absolute atomic E-state index is 5.03. The summed E-state index contributed by atoms with van der Waals surface area (Å²) in [5.41, 5.74) is 6.67. The second kappa shape index (κ2) is 7.02. The Kier molecular flexibility index (Phi) is 4.36. The highest BCUT2D eigenvalue weighted by atomic mass is 15.2. The minimum Gasteiger partial charge on any atom is -0.340 e. The van der Waals surface area contributed by atoms with Gasteiger partial charge in [-0.15, -0.1) is 0 Å². The van der Waals surface area contributed by atoms with Gasteiger partial charge in [-0.1, -0.05) is 54.6 Å². The molecule has 0 amide bonds. The zero-order valence-corrected chi connectivity index (χ0v) is 16.4. The molecule has 142 valence electrons. The average Bonchev–Trinajstić information content (AvgIpc) is 2.75. The van der Waals surface area contributed by atoms with Crippen LogP contribution in [0.25, 0.3) is 11.3 Å². The van der Waals surface area contributed by atoms with E-state index in [0.29, 0.717) is 0 Å². The molecular formula is C24H26N4. The Morgan fingerprint density at radius 1 is 1.00 bits per heavy atom. The first-order valence-corrected chi connectivity index (χ1v) is 10.2. The van der Waals surface area contributed by atoms with Crippen LogP contribution >= 0.6 is 0 Å². The Morgan fingerprint density at radius 3 is 2.57 bits per heavy atom. The van der Waals surface area contributed by atoms with Crippen LogP contribution in [0.3, 0.4) is 0 Å². The minimum absolute atomic E-state index is 0.232. The summed E-state index contributed by atoms with van der Waals surface area (Å²) >= 11 is 0. The van der Waals surface area contributed by atoms with E-state index in [1.807, 2.05) is 6.07 Å². The molecule has 2 aromatic carbocycles. The Labute approximate surface area is 166 Å². The lowest BCUT2D eigenvalue weighted by atomic mass is 9.64. The smallest absolute Gasteiger partial charge is 0.225 e. The van der Waals surface area contributed by atoms with Crippen molar-refractivity contribution >= 4 is 5.95 Å². The van der Waals surface area contributed by atoms with Gasteiger partial charge >= 0.3 is 0 Å². The fourth-order valence-corrected chi connectivity index (χ4v) is 4.84. The molecule has 28 heavy (non-hydrogen) atoms. The fraction of sp³-hybridized carbons (Fsp3) is 0.333. The minimum atomic E-state index is 0.232. The summed E-state index contributed by atoms with van der Waals surface area (Å²) in [5.74, 6) is 0.790. The van der Waals surface area contributed by atoms with E-state index in [0.717, 1.165) is 37.7 Å². The number of nitrogens with zero attached hydrogens (tertiary/aromatic N) is 3. The van der Waals surface area contributed by atoms with Crippen molar-refractivity contribution in [2.45, 2.75) is 31.2 Å². The van der Waals surface area contributed by atoms with E-state index in [2.05, 4.69) is 72.0 Å². The van der Waals surface area contributed by atoms with Crippen molar-refractivity contribution in [1.29, 1.82) is 0 Å². The summed E-state index contributed by atoms with van der Waals surface area (Å²) in [6.45, 7) is 2.97. The highest BCUT2D eigenvalue weighted by Gasteiger charge is 2.40. The van der Waals surface area contributed by atoms with Crippen molar-refractivity contribution in [3.63, 3.8) is 0 Å². The van der Waals surface area contributed by atoms with Gasteiger partial charge in [0, 0.05) is 30.8 Å². The van der Waals surface area contributed by atoms with Gasteiger partial charge in [0.1, 0.15) is 0 Å². The van der Waals surface area contributed by atoms with Crippen LogP contribution in [0.1, 0.15) is 29.5 Å². The first-order chi connectivity index (χ1) is 13.8. The third-order valence-electron chi connectivity index (χ3n) is 6.30. The van der Waals surface area contributed by atoms with Crippen LogP contribution in [-0.4, -0.2) is 30.1 Å². The number of anilines is 1. The number of fused-ring (bicyclic) bond motifs is 4. The van der Waals surface area contributed by atoms with E-state index in [1.54, 1.807) is 0 Å². The summed E-state index contributed by atoms with van der Waals surface area (Å²) in [6, 6.07) is 19.4. The molecule has 2 heterocycles. The Morgan fingerprint density at radius 2 is 1.75 bits per heavy atom. The van der Waals surface area contributed by atoms with Gasteiger partial charge in [0.25, 0.3) is 0 Å². The number of piperidine rings is 1. The van der Waals surface area contributed by atoms with Gasteiger partial charge in [-0.2, -0.15) is 0 Å².